The molecule has 1 aliphatic heterocycles. The van der Waals surface area contributed by atoms with Gasteiger partial charge in [-0.3, -0.25) is 14.2 Å². The summed E-state index contributed by atoms with van der Waals surface area (Å²) < 4.78 is 46.0. The maximum absolute atomic E-state index is 13.2. The highest BCUT2D eigenvalue weighted by atomic mass is 32.2. The van der Waals surface area contributed by atoms with Crippen molar-refractivity contribution in [3.05, 3.63) is 70.1 Å². The maximum Gasteiger partial charge on any atom is 0.416 e. The summed E-state index contributed by atoms with van der Waals surface area (Å²) in [5.74, 6) is 0.809. The minimum atomic E-state index is -4.55. The number of halogens is 3. The van der Waals surface area contributed by atoms with Gasteiger partial charge in [0, 0.05) is 23.9 Å². The summed E-state index contributed by atoms with van der Waals surface area (Å²) in [6, 6.07) is 11.4. The summed E-state index contributed by atoms with van der Waals surface area (Å²) >= 11 is 2.32. The Kier molecular flexibility index (Phi) is 6.71. The van der Waals surface area contributed by atoms with Crippen molar-refractivity contribution in [1.82, 2.24) is 9.55 Å². The molecule has 4 rings (SSSR count). The fourth-order valence-electron chi connectivity index (χ4n) is 3.27. The summed E-state index contributed by atoms with van der Waals surface area (Å²) in [5.41, 5.74) is -0.116. The van der Waals surface area contributed by atoms with Gasteiger partial charge in [-0.05, 0) is 30.3 Å². The van der Waals surface area contributed by atoms with E-state index in [4.69, 9.17) is 4.74 Å². The Labute approximate surface area is 195 Å². The van der Waals surface area contributed by atoms with E-state index in [0.29, 0.717) is 34.2 Å². The van der Waals surface area contributed by atoms with Crippen LogP contribution in [0.15, 0.2) is 63.4 Å². The lowest BCUT2D eigenvalue weighted by Gasteiger charge is -2.15. The molecular weight excluding hydrogens is 475 g/mol. The molecule has 6 nitrogen and oxygen atoms in total. The summed E-state index contributed by atoms with van der Waals surface area (Å²) in [7, 11) is 1.52. The molecule has 0 unspecified atom stereocenters. The molecule has 33 heavy (non-hydrogen) atoms. The summed E-state index contributed by atoms with van der Waals surface area (Å²) in [4.78, 5) is 30.6. The molecule has 0 aliphatic carbocycles. The molecule has 172 valence electrons. The predicted octanol–water partition coefficient (Wildman–Crippen LogP) is 4.64. The number of aromatic nitrogens is 2. The van der Waals surface area contributed by atoms with Crippen LogP contribution in [-0.4, -0.2) is 34.1 Å². The zero-order valence-electron chi connectivity index (χ0n) is 17.3. The fraction of sp³-hybridized carbons (Fsp3) is 0.227. The number of aryl methyl sites for hydroxylation is 1. The second-order valence-electron chi connectivity index (χ2n) is 7.03. The molecule has 0 bridgehead atoms. The Balaban J connectivity index is 1.64. The number of hydrogen-bond acceptors (Lipinski definition) is 6. The van der Waals surface area contributed by atoms with Crippen molar-refractivity contribution >= 4 is 35.1 Å². The molecule has 1 N–H and O–H groups in total. The quantitative estimate of drug-likeness (QED) is 0.399. The zero-order valence-corrected chi connectivity index (χ0v) is 18.9. The second kappa shape index (κ2) is 9.52. The number of hydrogen-bond donors (Lipinski definition) is 1. The van der Waals surface area contributed by atoms with Gasteiger partial charge in [-0.25, -0.2) is 4.98 Å². The third kappa shape index (κ3) is 5.19. The lowest BCUT2D eigenvalue weighted by Crippen LogP contribution is -2.25. The number of fused-ring (bicyclic) bond motifs is 1. The molecule has 3 aromatic rings. The van der Waals surface area contributed by atoms with Gasteiger partial charge in [0.15, 0.2) is 5.16 Å². The number of methoxy groups -OCH3 is 1. The fourth-order valence-corrected chi connectivity index (χ4v) is 5.12. The number of nitrogens with zero attached hydrogens (tertiary/aromatic N) is 2. The average Bonchev–Trinajstić information content (AvgIpc) is 3.26. The van der Waals surface area contributed by atoms with Crippen LogP contribution in [0.4, 0.5) is 18.9 Å². The van der Waals surface area contributed by atoms with Crippen molar-refractivity contribution in [2.24, 2.45) is 0 Å². The van der Waals surface area contributed by atoms with E-state index in [-0.39, 0.29) is 22.5 Å². The molecule has 0 saturated carbocycles. The Morgan fingerprint density at radius 1 is 1.24 bits per heavy atom. The van der Waals surface area contributed by atoms with E-state index in [0.717, 1.165) is 28.5 Å². The molecule has 0 saturated heterocycles. The standard InChI is InChI=1S/C22H18F3N3O3S2/c1-31-16-7-3-5-14(11-16)26-18(29)12-33-21-27-17-8-9-32-19(17)20(30)28(21)15-6-2-4-13(10-15)22(23,24)25/h2-7,10-11H,8-9,12H2,1H3,(H,26,29). The number of anilines is 1. The van der Waals surface area contributed by atoms with Crippen molar-refractivity contribution in [3.8, 4) is 11.4 Å². The molecular formula is C22H18F3N3O3S2. The van der Waals surface area contributed by atoms with Crippen LogP contribution in [0.1, 0.15) is 11.3 Å². The Bertz CT molecular complexity index is 1260. The molecule has 0 spiro atoms. The largest absolute Gasteiger partial charge is 0.497 e. The van der Waals surface area contributed by atoms with Crippen LogP contribution in [0.5, 0.6) is 5.75 Å². The molecule has 0 atom stereocenters. The van der Waals surface area contributed by atoms with E-state index in [1.165, 1.54) is 31.0 Å². The van der Waals surface area contributed by atoms with E-state index in [9.17, 15) is 22.8 Å². The zero-order chi connectivity index (χ0) is 23.6. The third-order valence-corrected chi connectivity index (χ3v) is 6.83. The van der Waals surface area contributed by atoms with Gasteiger partial charge in [-0.15, -0.1) is 11.8 Å². The molecule has 11 heteroatoms. The maximum atomic E-state index is 13.2. The van der Waals surface area contributed by atoms with Crippen molar-refractivity contribution in [1.29, 1.82) is 0 Å². The number of rotatable bonds is 6. The lowest BCUT2D eigenvalue weighted by molar-refractivity contribution is -0.137. The van der Waals surface area contributed by atoms with E-state index in [2.05, 4.69) is 10.3 Å². The van der Waals surface area contributed by atoms with Gasteiger partial charge < -0.3 is 10.1 Å². The van der Waals surface area contributed by atoms with Crippen LogP contribution < -0.4 is 15.6 Å². The normalized spacial score (nSPS) is 13.0. The lowest BCUT2D eigenvalue weighted by atomic mass is 10.2. The van der Waals surface area contributed by atoms with Crippen LogP contribution in [-0.2, 0) is 17.4 Å². The van der Waals surface area contributed by atoms with Crippen LogP contribution in [0.25, 0.3) is 5.69 Å². The van der Waals surface area contributed by atoms with Crippen molar-refractivity contribution in [3.63, 3.8) is 0 Å². The number of carbonyl (C=O) groups excluding carboxylic acids is 1. The molecule has 0 radical (unpaired) electrons. The summed E-state index contributed by atoms with van der Waals surface area (Å²) in [6.07, 6.45) is -3.97. The first kappa shape index (κ1) is 23.2. The highest BCUT2D eigenvalue weighted by Crippen LogP contribution is 2.33. The number of thioether (sulfide) groups is 2. The van der Waals surface area contributed by atoms with Gasteiger partial charge in [-0.1, -0.05) is 23.9 Å². The van der Waals surface area contributed by atoms with Gasteiger partial charge in [0.05, 0.1) is 34.7 Å². The third-order valence-electron chi connectivity index (χ3n) is 4.78. The summed E-state index contributed by atoms with van der Waals surface area (Å²) in [5, 5.41) is 2.90. The number of carbonyl (C=O) groups is 1. The van der Waals surface area contributed by atoms with Gasteiger partial charge >= 0.3 is 6.18 Å². The number of amides is 1. The molecule has 1 aromatic heterocycles. The van der Waals surface area contributed by atoms with Crippen molar-refractivity contribution < 1.29 is 22.7 Å². The monoisotopic (exact) mass is 493 g/mol. The molecule has 1 amide bonds. The molecule has 1 aliphatic rings. The van der Waals surface area contributed by atoms with E-state index < -0.39 is 17.3 Å². The van der Waals surface area contributed by atoms with Gasteiger partial charge in [0.25, 0.3) is 5.56 Å². The molecule has 0 fully saturated rings. The SMILES string of the molecule is COc1cccc(NC(=O)CSc2nc3c(c(=O)n2-c2cccc(C(F)(F)F)c2)SCC3)c1. The van der Waals surface area contributed by atoms with Crippen molar-refractivity contribution in [2.45, 2.75) is 22.6 Å². The number of benzene rings is 2. The van der Waals surface area contributed by atoms with Crippen molar-refractivity contribution in [2.75, 3.05) is 23.9 Å². The number of ether oxygens (including phenoxy) is 1. The van der Waals surface area contributed by atoms with E-state index in [1.54, 1.807) is 24.3 Å². The molecule has 2 heterocycles. The van der Waals surface area contributed by atoms with Crippen LogP contribution in [0.3, 0.4) is 0 Å². The predicted molar refractivity (Wildman–Crippen MR) is 122 cm³/mol. The Morgan fingerprint density at radius 2 is 2.03 bits per heavy atom. The first-order valence-corrected chi connectivity index (χ1v) is 11.8. The Morgan fingerprint density at radius 3 is 2.79 bits per heavy atom. The molecule has 2 aromatic carbocycles. The first-order chi connectivity index (χ1) is 15.8. The van der Waals surface area contributed by atoms with Gasteiger partial charge in [0.2, 0.25) is 5.91 Å². The smallest absolute Gasteiger partial charge is 0.416 e. The second-order valence-corrected chi connectivity index (χ2v) is 9.07. The van der Waals surface area contributed by atoms with E-state index >= 15 is 0 Å². The van der Waals surface area contributed by atoms with Gasteiger partial charge in [-0.2, -0.15) is 13.2 Å². The van der Waals surface area contributed by atoms with Gasteiger partial charge in [0.1, 0.15) is 5.75 Å². The van der Waals surface area contributed by atoms with Crippen LogP contribution in [0, 0.1) is 0 Å². The highest BCUT2D eigenvalue weighted by Gasteiger charge is 2.31. The number of nitrogens with one attached hydrogen (secondary N) is 1. The first-order valence-electron chi connectivity index (χ1n) is 9.79. The summed E-state index contributed by atoms with van der Waals surface area (Å²) in [6.45, 7) is 0. The average molecular weight is 494 g/mol. The van der Waals surface area contributed by atoms with Crippen LogP contribution >= 0.6 is 23.5 Å². The topological polar surface area (TPSA) is 73.2 Å². The number of alkyl halides is 3. The highest BCUT2D eigenvalue weighted by molar-refractivity contribution is 8.00. The minimum absolute atomic E-state index is 0.0494. The van der Waals surface area contributed by atoms with Crippen LogP contribution in [0.2, 0.25) is 0 Å². The Hall–Kier alpha value is -2.92. The van der Waals surface area contributed by atoms with E-state index in [1.807, 2.05) is 0 Å². The minimum Gasteiger partial charge on any atom is -0.497 e.